The number of carbonyl (C=O) groups is 3. The second-order valence-corrected chi connectivity index (χ2v) is 12.4. The van der Waals surface area contributed by atoms with E-state index in [0.717, 1.165) is 55.4 Å². The number of aryl methyl sites for hydroxylation is 2. The van der Waals surface area contributed by atoms with Gasteiger partial charge in [-0.1, -0.05) is 32.9 Å². The van der Waals surface area contributed by atoms with Crippen LogP contribution in [0.4, 0.5) is 4.79 Å². The van der Waals surface area contributed by atoms with Crippen LogP contribution in [0.5, 0.6) is 0 Å². The largest absolute Gasteiger partial charge is 0.465 e. The zero-order chi connectivity index (χ0) is 27.4. The zero-order valence-corrected chi connectivity index (χ0v) is 22.8. The lowest BCUT2D eigenvalue weighted by Gasteiger charge is -2.64. The molecule has 3 amide bonds. The van der Waals surface area contributed by atoms with Gasteiger partial charge in [0.25, 0.3) is 0 Å². The van der Waals surface area contributed by atoms with Crippen LogP contribution in [-0.2, 0) is 23.1 Å². The summed E-state index contributed by atoms with van der Waals surface area (Å²) in [4.78, 5) is 52.9. The van der Waals surface area contributed by atoms with E-state index in [4.69, 9.17) is 0 Å². The lowest BCUT2D eigenvalue weighted by Crippen LogP contribution is -2.71. The summed E-state index contributed by atoms with van der Waals surface area (Å²) in [5.41, 5.74) is 2.67. The van der Waals surface area contributed by atoms with Crippen molar-refractivity contribution < 1.29 is 19.5 Å². The summed E-state index contributed by atoms with van der Waals surface area (Å²) in [6, 6.07) is 5.59. The van der Waals surface area contributed by atoms with Crippen LogP contribution in [0.25, 0.3) is 11.0 Å². The van der Waals surface area contributed by atoms with Crippen LogP contribution in [0.1, 0.15) is 64.5 Å². The number of fused-ring (bicyclic) bond motifs is 1. The minimum Gasteiger partial charge on any atom is -0.465 e. The minimum absolute atomic E-state index is 0.0900. The number of carbonyl (C=O) groups excluding carboxylic acids is 2. The number of aromatic nitrogens is 2. The van der Waals surface area contributed by atoms with E-state index in [-0.39, 0.29) is 28.8 Å². The Morgan fingerprint density at radius 2 is 1.87 bits per heavy atom. The number of imide groups is 1. The topological polar surface area (TPSA) is 117 Å². The molecule has 2 atom stereocenters. The number of piperidine rings is 2. The second-order valence-electron chi connectivity index (χ2n) is 12.4. The smallest absolute Gasteiger partial charge is 0.407 e. The molecule has 38 heavy (non-hydrogen) atoms. The van der Waals surface area contributed by atoms with Crippen molar-refractivity contribution in [2.45, 2.75) is 71.4 Å². The molecule has 0 bridgehead atoms. The average molecular weight is 526 g/mol. The Morgan fingerprint density at radius 1 is 1.16 bits per heavy atom. The highest BCUT2D eigenvalue weighted by atomic mass is 16.4. The SMILES string of the molecule is Cn1c(=O)n(C2CCC(=O)NC2=O)c2cccc(CCCN3CC4(CCN(C(=O)O)CC4)C3C(C)(C)C)c21. The van der Waals surface area contributed by atoms with Gasteiger partial charge < -0.3 is 10.0 Å². The maximum Gasteiger partial charge on any atom is 0.407 e. The molecule has 3 fully saturated rings. The fourth-order valence-corrected chi connectivity index (χ4v) is 7.53. The highest BCUT2D eigenvalue weighted by Crippen LogP contribution is 2.52. The molecule has 2 N–H and O–H groups in total. The molecular weight excluding hydrogens is 486 g/mol. The van der Waals surface area contributed by atoms with Gasteiger partial charge in [0.15, 0.2) is 0 Å². The molecule has 3 saturated heterocycles. The van der Waals surface area contributed by atoms with E-state index in [1.54, 1.807) is 21.1 Å². The monoisotopic (exact) mass is 525 g/mol. The normalized spacial score (nSPS) is 24.1. The van der Waals surface area contributed by atoms with Gasteiger partial charge in [-0.25, -0.2) is 9.59 Å². The Kier molecular flexibility index (Phi) is 6.65. The molecule has 10 heteroatoms. The van der Waals surface area contributed by atoms with E-state index in [2.05, 4.69) is 37.1 Å². The van der Waals surface area contributed by atoms with Crippen molar-refractivity contribution in [1.29, 1.82) is 0 Å². The second kappa shape index (κ2) is 9.55. The Morgan fingerprint density at radius 3 is 2.50 bits per heavy atom. The molecule has 5 rings (SSSR count). The highest BCUT2D eigenvalue weighted by molar-refractivity contribution is 6.00. The van der Waals surface area contributed by atoms with Gasteiger partial charge in [0, 0.05) is 44.6 Å². The predicted octanol–water partition coefficient (Wildman–Crippen LogP) is 2.74. The summed E-state index contributed by atoms with van der Waals surface area (Å²) in [5.74, 6) is -0.718. The fraction of sp³-hybridized carbons (Fsp3) is 0.643. The molecule has 10 nitrogen and oxygen atoms in total. The Labute approximate surface area is 222 Å². The molecule has 1 spiro atoms. The quantitative estimate of drug-likeness (QED) is 0.580. The molecule has 4 heterocycles. The summed E-state index contributed by atoms with van der Waals surface area (Å²) in [6.07, 6.45) is 3.28. The van der Waals surface area contributed by atoms with Crippen LogP contribution in [0.2, 0.25) is 0 Å². The number of nitrogens with zero attached hydrogens (tertiary/aromatic N) is 4. The van der Waals surface area contributed by atoms with Crippen molar-refractivity contribution in [3.05, 3.63) is 34.2 Å². The lowest BCUT2D eigenvalue weighted by molar-refractivity contribution is -0.149. The number of hydrogen-bond acceptors (Lipinski definition) is 5. The maximum atomic E-state index is 13.2. The predicted molar refractivity (Wildman–Crippen MR) is 143 cm³/mol. The van der Waals surface area contributed by atoms with Crippen LogP contribution < -0.4 is 11.0 Å². The summed E-state index contributed by atoms with van der Waals surface area (Å²) in [6.45, 7) is 9.99. The van der Waals surface area contributed by atoms with Gasteiger partial charge in [0.1, 0.15) is 6.04 Å². The van der Waals surface area contributed by atoms with Crippen molar-refractivity contribution in [2.75, 3.05) is 26.2 Å². The number of nitrogens with one attached hydrogen (secondary N) is 1. The Balaban J connectivity index is 1.31. The van der Waals surface area contributed by atoms with Gasteiger partial charge in [0.05, 0.1) is 11.0 Å². The molecule has 206 valence electrons. The van der Waals surface area contributed by atoms with Gasteiger partial charge >= 0.3 is 11.8 Å². The van der Waals surface area contributed by atoms with E-state index in [1.165, 1.54) is 0 Å². The summed E-state index contributed by atoms with van der Waals surface area (Å²) in [7, 11) is 1.74. The van der Waals surface area contributed by atoms with Gasteiger partial charge in [0.2, 0.25) is 11.8 Å². The third-order valence-electron chi connectivity index (χ3n) is 8.91. The van der Waals surface area contributed by atoms with Crippen molar-refractivity contribution in [3.63, 3.8) is 0 Å². The van der Waals surface area contributed by atoms with Crippen LogP contribution >= 0.6 is 0 Å². The van der Waals surface area contributed by atoms with Crippen molar-refractivity contribution in [2.24, 2.45) is 17.9 Å². The number of benzene rings is 1. The molecule has 0 saturated carbocycles. The lowest BCUT2D eigenvalue weighted by atomic mass is 9.57. The Bertz CT molecular complexity index is 1330. The number of amides is 3. The number of rotatable bonds is 5. The fourth-order valence-electron chi connectivity index (χ4n) is 7.53. The average Bonchev–Trinajstić information content (AvgIpc) is 3.08. The van der Waals surface area contributed by atoms with Crippen LogP contribution in [0.3, 0.4) is 0 Å². The molecular formula is C28H39N5O5. The number of likely N-dealkylation sites (tertiary alicyclic amines) is 2. The van der Waals surface area contributed by atoms with Crippen LogP contribution in [-0.4, -0.2) is 74.2 Å². The number of hydrogen-bond donors (Lipinski definition) is 2. The molecule has 1 aromatic heterocycles. The van der Waals surface area contributed by atoms with E-state index in [0.29, 0.717) is 25.6 Å². The first-order valence-corrected chi connectivity index (χ1v) is 13.7. The number of carboxylic acid groups (broad SMARTS) is 1. The Hall–Kier alpha value is -3.14. The molecule has 3 aliphatic heterocycles. The van der Waals surface area contributed by atoms with Gasteiger partial charge in [-0.15, -0.1) is 0 Å². The van der Waals surface area contributed by atoms with Crippen LogP contribution in [0.15, 0.2) is 23.0 Å². The van der Waals surface area contributed by atoms with Gasteiger partial charge in [-0.3, -0.25) is 28.9 Å². The molecule has 2 aromatic rings. The molecule has 3 aliphatic rings. The first-order chi connectivity index (χ1) is 17.9. The third-order valence-corrected chi connectivity index (χ3v) is 8.91. The summed E-state index contributed by atoms with van der Waals surface area (Å²) >= 11 is 0. The molecule has 1 aromatic carbocycles. The summed E-state index contributed by atoms with van der Waals surface area (Å²) < 4.78 is 3.17. The zero-order valence-electron chi connectivity index (χ0n) is 22.8. The van der Waals surface area contributed by atoms with E-state index in [1.807, 2.05) is 12.1 Å². The van der Waals surface area contributed by atoms with Gasteiger partial charge in [-0.2, -0.15) is 0 Å². The first-order valence-electron chi connectivity index (χ1n) is 13.7. The van der Waals surface area contributed by atoms with Crippen molar-refractivity contribution >= 4 is 28.9 Å². The van der Waals surface area contributed by atoms with E-state index < -0.39 is 18.0 Å². The highest BCUT2D eigenvalue weighted by Gasteiger charge is 2.57. The standard InChI is InChI=1S/C28H39N5O5/c1-27(2,3)24-28(12-15-31(16-13-28)26(37)38)17-32(24)14-6-8-18-7-5-9-19-22(18)30(4)25(36)33(19)20-10-11-21(34)29-23(20)35/h5,7,9,20,24H,6,8,10-17H2,1-4H3,(H,37,38)(H,29,34,35). The minimum atomic E-state index is -0.821. The molecule has 0 radical (unpaired) electrons. The number of para-hydroxylation sites is 1. The van der Waals surface area contributed by atoms with Crippen molar-refractivity contribution in [3.8, 4) is 0 Å². The van der Waals surface area contributed by atoms with Crippen LogP contribution in [0, 0.1) is 10.8 Å². The summed E-state index contributed by atoms with van der Waals surface area (Å²) in [5, 5.41) is 11.7. The maximum absolute atomic E-state index is 13.2. The molecule has 0 aliphatic carbocycles. The van der Waals surface area contributed by atoms with E-state index in [9.17, 15) is 24.3 Å². The van der Waals surface area contributed by atoms with Crippen molar-refractivity contribution in [1.82, 2.24) is 24.3 Å². The third kappa shape index (κ3) is 4.42. The van der Waals surface area contributed by atoms with E-state index >= 15 is 0 Å². The van der Waals surface area contributed by atoms with Gasteiger partial charge in [-0.05, 0) is 55.7 Å². The number of imidazole rings is 1. The first kappa shape index (κ1) is 26.5. The molecule has 2 unspecified atom stereocenters.